The Morgan fingerprint density at radius 3 is 1.27 bits per heavy atom. The minimum Gasteiger partial charge on any atom is -0.491 e. The zero-order valence-electron chi connectivity index (χ0n) is 21.9. The second kappa shape index (κ2) is 15.9. The zero-order valence-corrected chi connectivity index (χ0v) is 21.9. The van der Waals surface area contributed by atoms with Crippen LogP contribution in [0.5, 0.6) is 11.5 Å². The van der Waals surface area contributed by atoms with Gasteiger partial charge in [0.2, 0.25) is 11.8 Å². The Morgan fingerprint density at radius 1 is 0.541 bits per heavy atom. The predicted octanol–water partition coefficient (Wildman–Crippen LogP) is 2.90. The van der Waals surface area contributed by atoms with E-state index in [0.29, 0.717) is 79.0 Å². The molecule has 0 fully saturated rings. The Balaban J connectivity index is 1.58. The molecule has 6 rings (SSSR count). The molecule has 4 heterocycles. The number of hydrogen-bond donors (Lipinski definition) is 0. The molecule has 2 amide bonds. The number of carbonyl (C=O) groups excluding carboxylic acids is 2. The number of ether oxygens (including phenoxy) is 5. The van der Waals surface area contributed by atoms with Gasteiger partial charge in [0.1, 0.15) is 24.7 Å². The maximum atomic E-state index is 12.1. The maximum Gasteiger partial charge on any atom is 0.219 e. The highest BCUT2D eigenvalue weighted by atomic mass is 16.6. The van der Waals surface area contributed by atoms with E-state index in [1.165, 1.54) is 0 Å². The summed E-state index contributed by atoms with van der Waals surface area (Å²) in [6, 6.07) is 15.4. The van der Waals surface area contributed by atoms with Gasteiger partial charge in [-0.2, -0.15) is 0 Å². The number of benzene rings is 2. The lowest BCUT2D eigenvalue weighted by molar-refractivity contribution is -0.130. The predicted molar refractivity (Wildman–Crippen MR) is 139 cm³/mol. The van der Waals surface area contributed by atoms with Crippen molar-refractivity contribution in [3.8, 4) is 11.5 Å². The van der Waals surface area contributed by atoms with Crippen molar-refractivity contribution in [2.75, 3.05) is 65.9 Å². The summed E-state index contributed by atoms with van der Waals surface area (Å²) in [4.78, 5) is 27.8. The van der Waals surface area contributed by atoms with E-state index < -0.39 is 0 Å². The highest BCUT2D eigenvalue weighted by molar-refractivity contribution is 5.73. The van der Waals surface area contributed by atoms with E-state index >= 15 is 0 Å². The Kier molecular flexibility index (Phi) is 12.2. The third kappa shape index (κ3) is 10.8. The van der Waals surface area contributed by atoms with E-state index in [1.54, 1.807) is 23.6 Å². The highest BCUT2D eigenvalue weighted by Crippen LogP contribution is 2.15. The summed E-state index contributed by atoms with van der Waals surface area (Å²) in [7, 11) is 0. The van der Waals surface area contributed by atoms with Crippen LogP contribution in [0.1, 0.15) is 25.0 Å². The molecule has 2 aromatic rings. The van der Waals surface area contributed by atoms with Gasteiger partial charge in [0.25, 0.3) is 0 Å². The minimum absolute atomic E-state index is 0.0215. The lowest BCUT2D eigenvalue weighted by Crippen LogP contribution is -2.34. The summed E-state index contributed by atoms with van der Waals surface area (Å²) in [6.07, 6.45) is 0. The van der Waals surface area contributed by atoms with Crippen LogP contribution in [-0.4, -0.2) is 87.6 Å². The SMILES string of the molecule is CC(=O)N1CCOCCN(C(C)=O)Cc2ccc(cc2)OCCOCCOCCOc2ccc(cc2)C1. The molecule has 0 saturated heterocycles. The van der Waals surface area contributed by atoms with Gasteiger partial charge in [0.05, 0.1) is 39.6 Å². The molecule has 9 heteroatoms. The standard InChI is InChI=1S/C28H38N2O7/c1-23(31)29-11-13-33-14-12-30(24(2)32)22-26-5-9-28(10-6-26)37-20-18-35-16-15-34-17-19-36-27-7-3-25(21-29)4-8-27/h3-10H,11-22H2,1-2H3. The Morgan fingerprint density at radius 2 is 0.892 bits per heavy atom. The fourth-order valence-electron chi connectivity index (χ4n) is 3.73. The molecule has 4 aliphatic heterocycles. The average Bonchev–Trinajstić information content (AvgIpc) is 2.89. The number of carbonyl (C=O) groups is 2. The summed E-state index contributed by atoms with van der Waals surface area (Å²) >= 11 is 0. The van der Waals surface area contributed by atoms with Gasteiger partial charge in [0.15, 0.2) is 0 Å². The first-order valence-corrected chi connectivity index (χ1v) is 12.7. The monoisotopic (exact) mass is 514 g/mol. The van der Waals surface area contributed by atoms with Crippen LogP contribution < -0.4 is 9.47 Å². The quantitative estimate of drug-likeness (QED) is 0.534. The Hall–Kier alpha value is -3.14. The summed E-state index contributed by atoms with van der Waals surface area (Å²) in [6.45, 7) is 8.57. The summed E-state index contributed by atoms with van der Waals surface area (Å²) in [5, 5.41) is 0. The number of amides is 2. The largest absolute Gasteiger partial charge is 0.491 e. The average molecular weight is 515 g/mol. The molecule has 0 unspecified atom stereocenters. The summed E-state index contributed by atoms with van der Waals surface area (Å²) in [5.41, 5.74) is 2.01. The van der Waals surface area contributed by atoms with Crippen molar-refractivity contribution >= 4 is 11.8 Å². The number of nitrogens with zero attached hydrogens (tertiary/aromatic N) is 2. The fourth-order valence-corrected chi connectivity index (χ4v) is 3.73. The lowest BCUT2D eigenvalue weighted by Gasteiger charge is -2.23. The second-order valence-corrected chi connectivity index (χ2v) is 8.70. The maximum absolute atomic E-state index is 12.1. The molecule has 37 heavy (non-hydrogen) atoms. The molecular weight excluding hydrogens is 476 g/mol. The van der Waals surface area contributed by atoms with Gasteiger partial charge in [-0.15, -0.1) is 0 Å². The van der Waals surface area contributed by atoms with Crippen LogP contribution in [0.25, 0.3) is 0 Å². The van der Waals surface area contributed by atoms with Gasteiger partial charge in [-0.25, -0.2) is 0 Å². The molecule has 0 spiro atoms. The molecule has 0 N–H and O–H groups in total. The first kappa shape index (κ1) is 28.4. The van der Waals surface area contributed by atoms with Crippen molar-refractivity contribution in [1.82, 2.24) is 9.80 Å². The van der Waals surface area contributed by atoms with Gasteiger partial charge in [-0.05, 0) is 35.4 Å². The molecule has 0 radical (unpaired) electrons. The first-order valence-electron chi connectivity index (χ1n) is 12.7. The Labute approximate surface area is 219 Å². The topological polar surface area (TPSA) is 86.8 Å². The van der Waals surface area contributed by atoms with E-state index in [9.17, 15) is 9.59 Å². The molecule has 0 saturated carbocycles. The number of hydrogen-bond acceptors (Lipinski definition) is 7. The van der Waals surface area contributed by atoms with Crippen molar-refractivity contribution in [1.29, 1.82) is 0 Å². The molecule has 4 aliphatic rings. The number of rotatable bonds is 0. The lowest BCUT2D eigenvalue weighted by atomic mass is 10.2. The van der Waals surface area contributed by atoms with Crippen molar-refractivity contribution in [3.05, 3.63) is 59.7 Å². The van der Waals surface area contributed by atoms with E-state index in [1.807, 2.05) is 48.5 Å². The zero-order chi connectivity index (χ0) is 26.3. The van der Waals surface area contributed by atoms with E-state index in [-0.39, 0.29) is 11.8 Å². The first-order chi connectivity index (χ1) is 18.0. The van der Waals surface area contributed by atoms with E-state index in [0.717, 1.165) is 22.6 Å². The molecule has 4 bridgehead atoms. The van der Waals surface area contributed by atoms with Gasteiger partial charge in [0, 0.05) is 40.0 Å². The second-order valence-electron chi connectivity index (χ2n) is 8.70. The molecule has 202 valence electrons. The molecule has 0 aromatic heterocycles. The van der Waals surface area contributed by atoms with Gasteiger partial charge < -0.3 is 33.5 Å². The van der Waals surface area contributed by atoms with Crippen LogP contribution in [0.15, 0.2) is 48.5 Å². The van der Waals surface area contributed by atoms with Crippen molar-refractivity contribution in [2.24, 2.45) is 0 Å². The van der Waals surface area contributed by atoms with E-state index in [2.05, 4.69) is 0 Å². The highest BCUT2D eigenvalue weighted by Gasteiger charge is 2.12. The molecule has 2 aromatic carbocycles. The minimum atomic E-state index is -0.0215. The van der Waals surface area contributed by atoms with Gasteiger partial charge >= 0.3 is 0 Å². The summed E-state index contributed by atoms with van der Waals surface area (Å²) < 4.78 is 28.3. The normalized spacial score (nSPS) is 17.5. The van der Waals surface area contributed by atoms with Crippen LogP contribution in [0, 0.1) is 0 Å². The Bertz CT molecular complexity index is 873. The van der Waals surface area contributed by atoms with Gasteiger partial charge in [-0.3, -0.25) is 9.59 Å². The molecule has 0 atom stereocenters. The van der Waals surface area contributed by atoms with Crippen molar-refractivity contribution < 1.29 is 33.3 Å². The van der Waals surface area contributed by atoms with Crippen molar-refractivity contribution in [3.63, 3.8) is 0 Å². The van der Waals surface area contributed by atoms with Gasteiger partial charge in [-0.1, -0.05) is 24.3 Å². The third-order valence-electron chi connectivity index (χ3n) is 5.86. The third-order valence-corrected chi connectivity index (χ3v) is 5.86. The smallest absolute Gasteiger partial charge is 0.219 e. The molecule has 9 nitrogen and oxygen atoms in total. The van der Waals surface area contributed by atoms with Crippen LogP contribution in [-0.2, 0) is 36.9 Å². The fraction of sp³-hybridized carbons (Fsp3) is 0.500. The van der Waals surface area contributed by atoms with Crippen molar-refractivity contribution in [2.45, 2.75) is 26.9 Å². The molecular formula is C28H38N2O7. The van der Waals surface area contributed by atoms with Crippen LogP contribution in [0.2, 0.25) is 0 Å². The summed E-state index contributed by atoms with van der Waals surface area (Å²) in [5.74, 6) is 1.45. The molecule has 0 aliphatic carbocycles. The van der Waals surface area contributed by atoms with Crippen LogP contribution in [0.3, 0.4) is 0 Å². The van der Waals surface area contributed by atoms with Crippen LogP contribution in [0.4, 0.5) is 0 Å². The van der Waals surface area contributed by atoms with E-state index in [4.69, 9.17) is 23.7 Å². The van der Waals surface area contributed by atoms with Crippen LogP contribution >= 0.6 is 0 Å².